The van der Waals surface area contributed by atoms with E-state index in [1.165, 1.54) is 6.07 Å². The Balaban J connectivity index is 2.28. The fourth-order valence-electron chi connectivity index (χ4n) is 2.26. The van der Waals surface area contributed by atoms with Crippen molar-refractivity contribution in [1.82, 2.24) is 4.90 Å². The van der Waals surface area contributed by atoms with Crippen molar-refractivity contribution in [3.63, 3.8) is 0 Å². The summed E-state index contributed by atoms with van der Waals surface area (Å²) in [5, 5.41) is 8.99. The van der Waals surface area contributed by atoms with Crippen LogP contribution in [0, 0.1) is 0 Å². The first-order valence-electron chi connectivity index (χ1n) is 6.02. The molecular weight excluding hydrogens is 275 g/mol. The maximum atomic E-state index is 12.6. The fraction of sp³-hybridized carbons (Fsp3) is 0.385. The number of carbonyl (C=O) groups excluding carboxylic acids is 1. The molecule has 0 aliphatic carbocycles. The molecule has 1 aromatic rings. The smallest absolute Gasteiger partial charge is 0.416 e. The molecular formula is C13H12F3NO3. The summed E-state index contributed by atoms with van der Waals surface area (Å²) in [5.41, 5.74) is -1.07. The lowest BCUT2D eigenvalue weighted by molar-refractivity contribution is -0.141. The Labute approximate surface area is 112 Å². The van der Waals surface area contributed by atoms with Crippen molar-refractivity contribution < 1.29 is 27.9 Å². The number of alkyl halides is 3. The molecule has 0 unspecified atom stereocenters. The van der Waals surface area contributed by atoms with Crippen molar-refractivity contribution in [3.05, 3.63) is 35.4 Å². The van der Waals surface area contributed by atoms with Gasteiger partial charge in [0, 0.05) is 12.1 Å². The normalized spacial score (nSPS) is 19.1. The van der Waals surface area contributed by atoms with E-state index in [0.29, 0.717) is 12.8 Å². The van der Waals surface area contributed by atoms with Gasteiger partial charge in [-0.25, -0.2) is 4.79 Å². The minimum absolute atomic E-state index is 0.145. The van der Waals surface area contributed by atoms with E-state index in [-0.39, 0.29) is 12.1 Å². The fourth-order valence-corrected chi connectivity index (χ4v) is 2.26. The summed E-state index contributed by atoms with van der Waals surface area (Å²) in [5.74, 6) is -1.82. The van der Waals surface area contributed by atoms with Gasteiger partial charge in [0.1, 0.15) is 6.04 Å². The van der Waals surface area contributed by atoms with E-state index >= 15 is 0 Å². The Hall–Kier alpha value is -2.05. The third-order valence-corrected chi connectivity index (χ3v) is 3.24. The van der Waals surface area contributed by atoms with Crippen molar-refractivity contribution >= 4 is 11.9 Å². The molecule has 0 aromatic heterocycles. The quantitative estimate of drug-likeness (QED) is 0.908. The predicted molar refractivity (Wildman–Crippen MR) is 63.1 cm³/mol. The van der Waals surface area contributed by atoms with Crippen LogP contribution in [-0.2, 0) is 11.0 Å². The SMILES string of the molecule is O=C(O)[C@@H]1CCCN1C(=O)c1cccc(C(F)(F)F)c1. The van der Waals surface area contributed by atoms with E-state index in [4.69, 9.17) is 5.11 Å². The van der Waals surface area contributed by atoms with Gasteiger partial charge >= 0.3 is 12.1 Å². The molecule has 108 valence electrons. The number of amides is 1. The molecule has 4 nitrogen and oxygen atoms in total. The number of benzene rings is 1. The third kappa shape index (κ3) is 2.76. The molecule has 0 spiro atoms. The van der Waals surface area contributed by atoms with Crippen molar-refractivity contribution in [2.75, 3.05) is 6.54 Å². The molecule has 7 heteroatoms. The average molecular weight is 287 g/mol. The predicted octanol–water partition coefficient (Wildman–Crippen LogP) is 2.39. The largest absolute Gasteiger partial charge is 0.480 e. The zero-order valence-electron chi connectivity index (χ0n) is 10.4. The van der Waals surface area contributed by atoms with Crippen LogP contribution in [0.4, 0.5) is 13.2 Å². The van der Waals surface area contributed by atoms with Crippen LogP contribution in [0.2, 0.25) is 0 Å². The lowest BCUT2D eigenvalue weighted by atomic mass is 10.1. The molecule has 1 aliphatic heterocycles. The molecule has 1 fully saturated rings. The Morgan fingerprint density at radius 3 is 2.60 bits per heavy atom. The van der Waals surface area contributed by atoms with Crippen molar-refractivity contribution in [2.45, 2.75) is 25.1 Å². The maximum absolute atomic E-state index is 12.6. The van der Waals surface area contributed by atoms with Gasteiger partial charge in [0.05, 0.1) is 5.56 Å². The number of likely N-dealkylation sites (tertiary alicyclic amines) is 1. The number of hydrogen-bond acceptors (Lipinski definition) is 2. The van der Waals surface area contributed by atoms with E-state index in [1.54, 1.807) is 0 Å². The summed E-state index contributed by atoms with van der Waals surface area (Å²) in [7, 11) is 0. The van der Waals surface area contributed by atoms with E-state index < -0.39 is 29.7 Å². The minimum atomic E-state index is -4.53. The molecule has 1 atom stereocenters. The number of carbonyl (C=O) groups is 2. The van der Waals surface area contributed by atoms with Gasteiger partial charge in [-0.05, 0) is 31.0 Å². The molecule has 1 aromatic carbocycles. The lowest BCUT2D eigenvalue weighted by Gasteiger charge is -2.21. The van der Waals surface area contributed by atoms with Gasteiger partial charge in [0.2, 0.25) is 0 Å². The zero-order valence-corrected chi connectivity index (χ0v) is 10.4. The number of hydrogen-bond donors (Lipinski definition) is 1. The van der Waals surface area contributed by atoms with Crippen molar-refractivity contribution in [3.8, 4) is 0 Å². The van der Waals surface area contributed by atoms with Gasteiger partial charge < -0.3 is 10.0 Å². The first-order valence-corrected chi connectivity index (χ1v) is 6.02. The Morgan fingerprint density at radius 2 is 2.00 bits per heavy atom. The molecule has 1 amide bonds. The van der Waals surface area contributed by atoms with Crippen molar-refractivity contribution in [2.24, 2.45) is 0 Å². The second kappa shape index (κ2) is 5.15. The Bertz CT molecular complexity index is 542. The highest BCUT2D eigenvalue weighted by atomic mass is 19.4. The summed E-state index contributed by atoms with van der Waals surface area (Å²) >= 11 is 0. The monoisotopic (exact) mass is 287 g/mol. The summed E-state index contributed by atoms with van der Waals surface area (Å²) in [4.78, 5) is 24.2. The molecule has 1 heterocycles. The van der Waals surface area contributed by atoms with Crippen LogP contribution in [0.3, 0.4) is 0 Å². The van der Waals surface area contributed by atoms with Gasteiger partial charge in [-0.3, -0.25) is 4.79 Å². The van der Waals surface area contributed by atoms with E-state index in [0.717, 1.165) is 23.1 Å². The van der Waals surface area contributed by atoms with Crippen LogP contribution < -0.4 is 0 Å². The third-order valence-electron chi connectivity index (χ3n) is 3.24. The van der Waals surface area contributed by atoms with Crippen LogP contribution in [-0.4, -0.2) is 34.5 Å². The first kappa shape index (κ1) is 14.4. The van der Waals surface area contributed by atoms with Crippen LogP contribution in [0.25, 0.3) is 0 Å². The lowest BCUT2D eigenvalue weighted by Crippen LogP contribution is -2.40. The van der Waals surface area contributed by atoms with E-state index in [9.17, 15) is 22.8 Å². The van der Waals surface area contributed by atoms with Gasteiger partial charge in [0.15, 0.2) is 0 Å². The maximum Gasteiger partial charge on any atom is 0.416 e. The number of carboxylic acids is 1. The molecule has 1 N–H and O–H groups in total. The molecule has 0 radical (unpaired) electrons. The first-order chi connectivity index (χ1) is 9.30. The molecule has 0 bridgehead atoms. The van der Waals surface area contributed by atoms with Gasteiger partial charge in [-0.1, -0.05) is 6.07 Å². The number of carboxylic acid groups (broad SMARTS) is 1. The number of nitrogens with zero attached hydrogens (tertiary/aromatic N) is 1. The minimum Gasteiger partial charge on any atom is -0.480 e. The number of rotatable bonds is 2. The molecule has 1 saturated heterocycles. The molecule has 1 aliphatic rings. The van der Waals surface area contributed by atoms with Gasteiger partial charge in [-0.2, -0.15) is 13.2 Å². The molecule has 0 saturated carbocycles. The summed E-state index contributed by atoms with van der Waals surface area (Å²) in [6.45, 7) is 0.242. The van der Waals surface area contributed by atoms with Crippen LogP contribution in [0.5, 0.6) is 0 Å². The summed E-state index contributed by atoms with van der Waals surface area (Å²) in [6.07, 6.45) is -3.69. The van der Waals surface area contributed by atoms with E-state index in [1.807, 2.05) is 0 Å². The second-order valence-electron chi connectivity index (χ2n) is 4.57. The standard InChI is InChI=1S/C13H12F3NO3/c14-13(15,16)9-4-1-3-8(7-9)11(18)17-6-2-5-10(17)12(19)20/h1,3-4,7,10H,2,5-6H2,(H,19,20)/t10-/m0/s1. The number of aliphatic carboxylic acids is 1. The van der Waals surface area contributed by atoms with Crippen molar-refractivity contribution in [1.29, 1.82) is 0 Å². The number of halogens is 3. The average Bonchev–Trinajstić information content (AvgIpc) is 2.86. The molecule has 2 rings (SSSR count). The Kier molecular flexibility index (Phi) is 3.69. The topological polar surface area (TPSA) is 57.6 Å². The van der Waals surface area contributed by atoms with Gasteiger partial charge in [-0.15, -0.1) is 0 Å². The highest BCUT2D eigenvalue weighted by Gasteiger charge is 2.36. The summed E-state index contributed by atoms with van der Waals surface area (Å²) < 4.78 is 37.8. The van der Waals surface area contributed by atoms with Crippen LogP contribution in [0.1, 0.15) is 28.8 Å². The molecule has 20 heavy (non-hydrogen) atoms. The second-order valence-corrected chi connectivity index (χ2v) is 4.57. The highest BCUT2D eigenvalue weighted by Crippen LogP contribution is 2.30. The summed E-state index contributed by atoms with van der Waals surface area (Å²) in [6, 6.07) is 3.06. The van der Waals surface area contributed by atoms with Gasteiger partial charge in [0.25, 0.3) is 5.91 Å². The Morgan fingerprint density at radius 1 is 1.30 bits per heavy atom. The van der Waals surface area contributed by atoms with Crippen LogP contribution in [0.15, 0.2) is 24.3 Å². The van der Waals surface area contributed by atoms with E-state index in [2.05, 4.69) is 0 Å². The highest BCUT2D eigenvalue weighted by molar-refractivity contribution is 5.97. The van der Waals surface area contributed by atoms with Crippen LogP contribution >= 0.6 is 0 Å². The zero-order chi connectivity index (χ0) is 14.9.